The van der Waals surface area contributed by atoms with Crippen LogP contribution in [0.2, 0.25) is 0 Å². The minimum Gasteiger partial charge on any atom is -0.464 e. The summed E-state index contributed by atoms with van der Waals surface area (Å²) in [5, 5.41) is 0. The van der Waals surface area contributed by atoms with Gasteiger partial charge in [-0.05, 0) is 24.3 Å². The number of rotatable bonds is 7. The fourth-order valence-electron chi connectivity index (χ4n) is 2.90. The number of aromatic nitrogens is 1. The number of nitrogens with zero attached hydrogens (tertiary/aromatic N) is 2. The highest BCUT2D eigenvalue weighted by atomic mass is 32.2. The highest BCUT2D eigenvalue weighted by molar-refractivity contribution is 8.01. The van der Waals surface area contributed by atoms with Gasteiger partial charge in [0.1, 0.15) is 6.61 Å². The molecule has 6 nitrogen and oxygen atoms in total. The van der Waals surface area contributed by atoms with Crippen LogP contribution in [0.1, 0.15) is 27.1 Å². The molecule has 0 radical (unpaired) electrons. The van der Waals surface area contributed by atoms with Gasteiger partial charge in [-0.15, -0.1) is 11.3 Å². The molecule has 1 aliphatic rings. The molecule has 0 atom stereocenters. The molecule has 0 saturated carbocycles. The first-order chi connectivity index (χ1) is 13.6. The van der Waals surface area contributed by atoms with Crippen LogP contribution in [-0.2, 0) is 9.53 Å². The predicted octanol–water partition coefficient (Wildman–Crippen LogP) is 3.62. The van der Waals surface area contributed by atoms with Crippen molar-refractivity contribution in [3.8, 4) is 0 Å². The Bertz CT molecular complexity index is 995. The fourth-order valence-corrected chi connectivity index (χ4v) is 4.96. The average Bonchev–Trinajstić information content (AvgIpc) is 3.22. The summed E-state index contributed by atoms with van der Waals surface area (Å²) >= 11 is 3.11. The normalized spacial score (nSPS) is 13.2. The zero-order chi connectivity index (χ0) is 19.5. The van der Waals surface area contributed by atoms with E-state index in [9.17, 15) is 14.4 Å². The van der Waals surface area contributed by atoms with Crippen LogP contribution < -0.4 is 0 Å². The molecule has 2 heterocycles. The number of hydrogen-bond acceptors (Lipinski definition) is 7. The first kappa shape index (κ1) is 18.6. The van der Waals surface area contributed by atoms with Crippen LogP contribution >= 0.6 is 23.1 Å². The summed E-state index contributed by atoms with van der Waals surface area (Å²) < 4.78 is 7.22. The van der Waals surface area contributed by atoms with Gasteiger partial charge in [0.15, 0.2) is 4.34 Å². The average molecular weight is 412 g/mol. The molecule has 2 aromatic carbocycles. The van der Waals surface area contributed by atoms with E-state index in [1.807, 2.05) is 24.3 Å². The van der Waals surface area contributed by atoms with Gasteiger partial charge < -0.3 is 4.74 Å². The standard InChI is InChI=1S/C20H16N2O4S2/c23-17(9-12-27-20-21-15-7-3-4-8-16(15)28-20)26-11-10-22-18(24)13-5-1-2-6-14(13)19(22)25/h1-8H,9-12H2. The first-order valence-corrected chi connectivity index (χ1v) is 10.5. The van der Waals surface area contributed by atoms with E-state index in [1.165, 1.54) is 11.8 Å². The van der Waals surface area contributed by atoms with Crippen molar-refractivity contribution >= 4 is 51.1 Å². The Kier molecular flexibility index (Phi) is 5.40. The van der Waals surface area contributed by atoms with Crippen molar-refractivity contribution in [2.75, 3.05) is 18.9 Å². The Labute approximate surface area is 169 Å². The molecule has 0 bridgehead atoms. The van der Waals surface area contributed by atoms with Gasteiger partial charge in [-0.3, -0.25) is 19.3 Å². The maximum atomic E-state index is 12.2. The molecule has 1 aliphatic heterocycles. The highest BCUT2D eigenvalue weighted by Crippen LogP contribution is 2.29. The fraction of sp³-hybridized carbons (Fsp3) is 0.200. The van der Waals surface area contributed by atoms with Crippen molar-refractivity contribution < 1.29 is 19.1 Å². The van der Waals surface area contributed by atoms with Gasteiger partial charge in [0.25, 0.3) is 11.8 Å². The molecule has 142 valence electrons. The number of carbonyl (C=O) groups is 3. The topological polar surface area (TPSA) is 76.6 Å². The van der Waals surface area contributed by atoms with Crippen molar-refractivity contribution in [1.82, 2.24) is 9.88 Å². The van der Waals surface area contributed by atoms with Crippen molar-refractivity contribution in [2.45, 2.75) is 10.8 Å². The largest absolute Gasteiger partial charge is 0.464 e. The van der Waals surface area contributed by atoms with Crippen LogP contribution in [0.4, 0.5) is 0 Å². The Hall–Kier alpha value is -2.71. The lowest BCUT2D eigenvalue weighted by Gasteiger charge is -2.13. The Morgan fingerprint density at radius 2 is 1.71 bits per heavy atom. The second-order valence-corrected chi connectivity index (χ2v) is 8.45. The summed E-state index contributed by atoms with van der Waals surface area (Å²) in [6, 6.07) is 14.6. The zero-order valence-corrected chi connectivity index (χ0v) is 16.4. The molecule has 0 unspecified atom stereocenters. The van der Waals surface area contributed by atoms with E-state index < -0.39 is 0 Å². The van der Waals surface area contributed by atoms with Gasteiger partial charge >= 0.3 is 5.97 Å². The number of fused-ring (bicyclic) bond motifs is 2. The van der Waals surface area contributed by atoms with E-state index >= 15 is 0 Å². The maximum absolute atomic E-state index is 12.2. The number of esters is 1. The molecular formula is C20H16N2O4S2. The Morgan fingerprint density at radius 1 is 1.04 bits per heavy atom. The third kappa shape index (κ3) is 3.79. The van der Waals surface area contributed by atoms with E-state index in [2.05, 4.69) is 4.98 Å². The van der Waals surface area contributed by atoms with Crippen molar-refractivity contribution in [1.29, 1.82) is 0 Å². The summed E-state index contributed by atoms with van der Waals surface area (Å²) in [6.07, 6.45) is 0.239. The lowest BCUT2D eigenvalue weighted by molar-refractivity contribution is -0.143. The van der Waals surface area contributed by atoms with Crippen LogP contribution in [0, 0.1) is 0 Å². The van der Waals surface area contributed by atoms with E-state index in [1.54, 1.807) is 35.6 Å². The first-order valence-electron chi connectivity index (χ1n) is 8.73. The molecule has 2 amide bonds. The SMILES string of the molecule is O=C(CCSc1nc2ccccc2s1)OCCN1C(=O)c2ccccc2C1=O. The highest BCUT2D eigenvalue weighted by Gasteiger charge is 2.34. The Morgan fingerprint density at radius 3 is 2.43 bits per heavy atom. The molecule has 0 fully saturated rings. The van der Waals surface area contributed by atoms with E-state index in [0.717, 1.165) is 19.5 Å². The number of thioether (sulfide) groups is 1. The van der Waals surface area contributed by atoms with Gasteiger partial charge in [-0.2, -0.15) is 0 Å². The monoisotopic (exact) mass is 412 g/mol. The van der Waals surface area contributed by atoms with Crippen molar-refractivity contribution in [3.63, 3.8) is 0 Å². The summed E-state index contributed by atoms with van der Waals surface area (Å²) in [4.78, 5) is 42.0. The minimum absolute atomic E-state index is 0.00386. The van der Waals surface area contributed by atoms with Crippen molar-refractivity contribution in [3.05, 3.63) is 59.7 Å². The number of carbonyl (C=O) groups excluding carboxylic acids is 3. The smallest absolute Gasteiger partial charge is 0.306 e. The summed E-state index contributed by atoms with van der Waals surface area (Å²) in [6.45, 7) is 0.0548. The van der Waals surface area contributed by atoms with Crippen LogP contribution in [0.3, 0.4) is 0 Å². The van der Waals surface area contributed by atoms with Crippen LogP contribution in [0.25, 0.3) is 10.2 Å². The van der Waals surface area contributed by atoms with E-state index in [-0.39, 0.29) is 37.4 Å². The number of para-hydroxylation sites is 1. The van der Waals surface area contributed by atoms with E-state index in [4.69, 9.17) is 4.74 Å². The number of thiazole rings is 1. The third-order valence-corrected chi connectivity index (χ3v) is 6.44. The molecule has 0 N–H and O–H groups in total. The molecule has 0 spiro atoms. The van der Waals surface area contributed by atoms with Gasteiger partial charge in [0.05, 0.1) is 34.3 Å². The molecule has 3 aromatic rings. The number of ether oxygens (including phenoxy) is 1. The number of benzene rings is 2. The van der Waals surface area contributed by atoms with Crippen LogP contribution in [0.15, 0.2) is 52.9 Å². The number of hydrogen-bond donors (Lipinski definition) is 0. The maximum Gasteiger partial charge on any atom is 0.306 e. The summed E-state index contributed by atoms with van der Waals surface area (Å²) in [5.41, 5.74) is 1.75. The van der Waals surface area contributed by atoms with Crippen molar-refractivity contribution in [2.24, 2.45) is 0 Å². The number of amides is 2. The number of imide groups is 1. The zero-order valence-electron chi connectivity index (χ0n) is 14.8. The molecule has 0 aliphatic carbocycles. The summed E-state index contributed by atoms with van der Waals surface area (Å²) in [5.74, 6) is -0.484. The molecule has 0 saturated heterocycles. The Balaban J connectivity index is 1.21. The summed E-state index contributed by atoms with van der Waals surface area (Å²) in [7, 11) is 0. The molecular weight excluding hydrogens is 396 g/mol. The van der Waals surface area contributed by atoms with E-state index in [0.29, 0.717) is 16.9 Å². The second-order valence-electron chi connectivity index (χ2n) is 6.07. The van der Waals surface area contributed by atoms with Gasteiger partial charge in [0.2, 0.25) is 0 Å². The minimum atomic E-state index is -0.356. The molecule has 8 heteroatoms. The van der Waals surface area contributed by atoms with Gasteiger partial charge in [-0.1, -0.05) is 36.0 Å². The molecule has 4 rings (SSSR count). The van der Waals surface area contributed by atoms with Gasteiger partial charge in [-0.25, -0.2) is 4.98 Å². The quantitative estimate of drug-likeness (QED) is 0.335. The lowest BCUT2D eigenvalue weighted by Crippen LogP contribution is -2.33. The van der Waals surface area contributed by atoms with Crippen LogP contribution in [0.5, 0.6) is 0 Å². The lowest BCUT2D eigenvalue weighted by atomic mass is 10.1. The second kappa shape index (κ2) is 8.12. The predicted molar refractivity (Wildman–Crippen MR) is 108 cm³/mol. The third-order valence-electron chi connectivity index (χ3n) is 4.26. The van der Waals surface area contributed by atoms with Crippen LogP contribution in [-0.4, -0.2) is 46.6 Å². The molecule has 1 aromatic heterocycles. The van der Waals surface area contributed by atoms with Gasteiger partial charge in [0, 0.05) is 5.75 Å². The molecule has 28 heavy (non-hydrogen) atoms.